The molecule has 1 amide bonds. The largest absolute Gasteiger partial charge is 0.496 e. The molecule has 0 aliphatic heterocycles. The van der Waals surface area contributed by atoms with Crippen LogP contribution in [0.5, 0.6) is 5.75 Å². The van der Waals surface area contributed by atoms with Gasteiger partial charge in [-0.25, -0.2) is 9.78 Å². The number of rotatable bonds is 10. The predicted octanol–water partition coefficient (Wildman–Crippen LogP) is 3.87. The Balaban J connectivity index is 0.000000307. The summed E-state index contributed by atoms with van der Waals surface area (Å²) in [7, 11) is 3.30. The first-order valence-corrected chi connectivity index (χ1v) is 12.3. The van der Waals surface area contributed by atoms with Crippen molar-refractivity contribution in [1.29, 1.82) is 0 Å². The Bertz CT molecular complexity index is 1430. The van der Waals surface area contributed by atoms with E-state index >= 15 is 0 Å². The number of aromatic carboxylic acids is 1. The highest BCUT2D eigenvalue weighted by Gasteiger charge is 2.24. The van der Waals surface area contributed by atoms with Gasteiger partial charge in [-0.2, -0.15) is 0 Å². The highest BCUT2D eigenvalue weighted by molar-refractivity contribution is 6.01. The fourth-order valence-corrected chi connectivity index (χ4v) is 3.76. The summed E-state index contributed by atoms with van der Waals surface area (Å²) >= 11 is 0. The van der Waals surface area contributed by atoms with Gasteiger partial charge in [0, 0.05) is 41.5 Å². The molecule has 11 heteroatoms. The summed E-state index contributed by atoms with van der Waals surface area (Å²) in [5.74, 6) is -0.657. The smallest absolute Gasteiger partial charge is 0.355 e. The van der Waals surface area contributed by atoms with Crippen molar-refractivity contribution in [3.63, 3.8) is 0 Å². The number of benzene rings is 2. The van der Waals surface area contributed by atoms with Gasteiger partial charge in [0.25, 0.3) is 5.91 Å². The second-order valence-electron chi connectivity index (χ2n) is 8.87. The van der Waals surface area contributed by atoms with Crippen LogP contribution in [0.3, 0.4) is 0 Å². The molecule has 0 saturated heterocycles. The van der Waals surface area contributed by atoms with Gasteiger partial charge in [0.2, 0.25) is 0 Å². The first-order valence-electron chi connectivity index (χ1n) is 12.3. The highest BCUT2D eigenvalue weighted by atomic mass is 16.5. The van der Waals surface area contributed by atoms with Gasteiger partial charge < -0.3 is 31.4 Å². The number of pyridine rings is 1. The van der Waals surface area contributed by atoms with Crippen molar-refractivity contribution in [2.45, 2.75) is 12.8 Å². The minimum absolute atomic E-state index is 0.0177. The van der Waals surface area contributed by atoms with Crippen LogP contribution in [0.4, 0.5) is 5.69 Å². The van der Waals surface area contributed by atoms with Crippen LogP contribution in [0.2, 0.25) is 0 Å². The van der Waals surface area contributed by atoms with E-state index in [9.17, 15) is 19.5 Å². The Labute approximate surface area is 231 Å². The molecule has 6 N–H and O–H groups in total. The zero-order chi connectivity index (χ0) is 29.2. The van der Waals surface area contributed by atoms with E-state index < -0.39 is 11.9 Å². The maximum atomic E-state index is 12.3. The third-order valence-corrected chi connectivity index (χ3v) is 6.19. The Morgan fingerprint density at radius 3 is 2.38 bits per heavy atom. The van der Waals surface area contributed by atoms with E-state index in [1.807, 2.05) is 19.2 Å². The molecule has 1 aromatic heterocycles. The van der Waals surface area contributed by atoms with Gasteiger partial charge in [0.05, 0.1) is 7.11 Å². The molecule has 0 atom stereocenters. The minimum atomic E-state index is -1.30. The summed E-state index contributed by atoms with van der Waals surface area (Å²) in [4.78, 5) is 39.7. The molecule has 208 valence electrons. The normalized spacial score (nSPS) is 12.4. The minimum Gasteiger partial charge on any atom is -0.496 e. The van der Waals surface area contributed by atoms with Crippen LogP contribution in [0.15, 0.2) is 60.3 Å². The Hall–Kier alpha value is -5.19. The first kappa shape index (κ1) is 29.4. The molecule has 11 nitrogen and oxygen atoms in total. The molecule has 1 aliphatic carbocycles. The monoisotopic (exact) mass is 545 g/mol. The lowest BCUT2D eigenvalue weighted by molar-refractivity contribution is 0.0691. The summed E-state index contributed by atoms with van der Waals surface area (Å²) in [5, 5.41) is 26.6. The number of nitrogens with one attached hydrogen (secondary N) is 2. The van der Waals surface area contributed by atoms with Crippen LogP contribution >= 0.6 is 0 Å². The molecule has 1 aliphatic rings. The van der Waals surface area contributed by atoms with Crippen molar-refractivity contribution in [3.8, 4) is 16.9 Å². The van der Waals surface area contributed by atoms with E-state index in [1.165, 1.54) is 19.2 Å². The number of hydrogen-bond acceptors (Lipinski definition) is 8. The topological polar surface area (TPSA) is 176 Å². The Morgan fingerprint density at radius 1 is 1.15 bits per heavy atom. The number of methoxy groups -OCH3 is 1. The molecule has 0 unspecified atom stereocenters. The molecular formula is C29H31N5O6. The fraction of sp³-hybridized carbons (Fsp3) is 0.207. The Morgan fingerprint density at radius 2 is 1.85 bits per heavy atom. The lowest BCUT2D eigenvalue weighted by Gasteiger charge is -2.13. The number of carbonyl (C=O) groups excluding carboxylic acids is 2. The summed E-state index contributed by atoms with van der Waals surface area (Å²) in [6, 6.07) is 13.3. The second-order valence-corrected chi connectivity index (χ2v) is 8.87. The molecule has 1 fully saturated rings. The fourth-order valence-electron chi connectivity index (χ4n) is 3.76. The SMILES string of the molecule is C=Cc1cc(C=O)c(-c2ccc(C(=O)NCC3CC3)nc2C(=O)O)cc1OC.CNc1ccc(/C(N)=N\O)cc1. The van der Waals surface area contributed by atoms with Crippen molar-refractivity contribution >= 4 is 35.8 Å². The van der Waals surface area contributed by atoms with E-state index in [4.69, 9.17) is 15.7 Å². The molecule has 0 bridgehead atoms. The number of nitrogens with two attached hydrogens (primary N) is 1. The first-order chi connectivity index (χ1) is 19.3. The number of carbonyl (C=O) groups is 3. The van der Waals surface area contributed by atoms with Gasteiger partial charge in [0.15, 0.2) is 17.8 Å². The van der Waals surface area contributed by atoms with Gasteiger partial charge in [0.1, 0.15) is 11.4 Å². The number of carboxylic acids is 1. The van der Waals surface area contributed by atoms with Crippen LogP contribution in [0.25, 0.3) is 17.2 Å². The molecule has 2 aromatic carbocycles. The maximum Gasteiger partial charge on any atom is 0.355 e. The number of nitrogens with zero attached hydrogens (tertiary/aromatic N) is 2. The van der Waals surface area contributed by atoms with Crippen molar-refractivity contribution in [3.05, 3.63) is 83.2 Å². The number of oxime groups is 1. The lowest BCUT2D eigenvalue weighted by Crippen LogP contribution is -2.27. The standard InChI is InChI=1S/C21H20N2O5.C8H11N3O/c1-3-13-8-14(11-24)16(9-18(13)28-2)15-6-7-17(23-19(15)21(26)27)20(25)22-10-12-4-5-12;1-10-7-4-2-6(3-5-7)8(9)11-12/h3,6-9,11-12H,1,4-5,10H2,2H3,(H,22,25)(H,26,27);2-5,10,12H,1H3,(H2,9,11). The number of amidine groups is 1. The number of anilines is 1. The van der Waals surface area contributed by atoms with Gasteiger partial charge in [-0.1, -0.05) is 17.8 Å². The summed E-state index contributed by atoms with van der Waals surface area (Å²) < 4.78 is 5.30. The second kappa shape index (κ2) is 13.6. The van der Waals surface area contributed by atoms with E-state index in [0.717, 1.165) is 18.5 Å². The third-order valence-electron chi connectivity index (χ3n) is 6.19. The number of amides is 1. The molecule has 1 heterocycles. The number of carboxylic acid groups (broad SMARTS) is 1. The summed E-state index contributed by atoms with van der Waals surface area (Å²) in [6.45, 7) is 4.24. The molecule has 0 spiro atoms. The molecule has 3 aromatic rings. The van der Waals surface area contributed by atoms with Crippen LogP contribution in [0, 0.1) is 5.92 Å². The van der Waals surface area contributed by atoms with E-state index in [1.54, 1.807) is 30.3 Å². The average Bonchev–Trinajstić information content (AvgIpc) is 3.83. The van der Waals surface area contributed by atoms with Crippen molar-refractivity contribution in [2.75, 3.05) is 26.0 Å². The van der Waals surface area contributed by atoms with Gasteiger partial charge in [-0.15, -0.1) is 0 Å². The zero-order valence-electron chi connectivity index (χ0n) is 22.2. The van der Waals surface area contributed by atoms with Gasteiger partial charge in [-0.05, 0) is 72.9 Å². The quantitative estimate of drug-likeness (QED) is 0.0832. The third kappa shape index (κ3) is 7.22. The van der Waals surface area contributed by atoms with E-state index in [2.05, 4.69) is 27.4 Å². The number of aldehydes is 1. The zero-order valence-corrected chi connectivity index (χ0v) is 22.2. The highest BCUT2D eigenvalue weighted by Crippen LogP contribution is 2.33. The molecular weight excluding hydrogens is 514 g/mol. The predicted molar refractivity (Wildman–Crippen MR) is 152 cm³/mol. The van der Waals surface area contributed by atoms with Crippen molar-refractivity contribution < 1.29 is 29.4 Å². The molecule has 40 heavy (non-hydrogen) atoms. The number of aromatic nitrogens is 1. The average molecular weight is 546 g/mol. The van der Waals surface area contributed by atoms with E-state index in [0.29, 0.717) is 41.2 Å². The molecule has 4 rings (SSSR count). The molecule has 0 radical (unpaired) electrons. The van der Waals surface area contributed by atoms with Crippen molar-refractivity contribution in [2.24, 2.45) is 16.8 Å². The summed E-state index contributed by atoms with van der Waals surface area (Å²) in [5.41, 5.74) is 8.22. The number of ether oxygens (including phenoxy) is 1. The molecule has 1 saturated carbocycles. The Kier molecular flexibility index (Phi) is 9.95. The van der Waals surface area contributed by atoms with Crippen LogP contribution in [-0.2, 0) is 0 Å². The van der Waals surface area contributed by atoms with Gasteiger partial charge in [-0.3, -0.25) is 9.59 Å². The van der Waals surface area contributed by atoms with E-state index in [-0.39, 0.29) is 28.4 Å². The number of hydrogen-bond donors (Lipinski definition) is 5. The van der Waals surface area contributed by atoms with Crippen LogP contribution < -0.4 is 21.1 Å². The van der Waals surface area contributed by atoms with Gasteiger partial charge >= 0.3 is 5.97 Å². The lowest BCUT2D eigenvalue weighted by atomic mass is 9.95. The summed E-state index contributed by atoms with van der Waals surface area (Å²) in [6.07, 6.45) is 4.34. The maximum absolute atomic E-state index is 12.3. The van der Waals surface area contributed by atoms with Crippen LogP contribution in [-0.4, -0.2) is 60.0 Å². The van der Waals surface area contributed by atoms with Crippen molar-refractivity contribution in [1.82, 2.24) is 10.3 Å². The van der Waals surface area contributed by atoms with Crippen LogP contribution in [0.1, 0.15) is 55.3 Å².